The van der Waals surface area contributed by atoms with Crippen molar-refractivity contribution < 1.29 is 9.47 Å². The molecule has 0 radical (unpaired) electrons. The number of aromatic nitrogens is 3. The van der Waals surface area contributed by atoms with Crippen LogP contribution in [0.2, 0.25) is 5.28 Å². The molecule has 1 aromatic heterocycles. The molecule has 0 saturated heterocycles. The fourth-order valence-electron chi connectivity index (χ4n) is 1.52. The fraction of sp³-hybridized carbons (Fsp3) is 0.308. The van der Waals surface area contributed by atoms with E-state index in [1.165, 1.54) is 0 Å². The molecular weight excluding hydrogens is 266 g/mol. The molecule has 19 heavy (non-hydrogen) atoms. The van der Waals surface area contributed by atoms with Gasteiger partial charge in [-0.3, -0.25) is 0 Å². The molecule has 0 saturated carbocycles. The van der Waals surface area contributed by atoms with Gasteiger partial charge in [-0.05, 0) is 49.7 Å². The van der Waals surface area contributed by atoms with E-state index in [-0.39, 0.29) is 11.3 Å². The molecule has 1 heterocycles. The molecule has 0 unspecified atom stereocenters. The zero-order valence-electron chi connectivity index (χ0n) is 10.8. The lowest BCUT2D eigenvalue weighted by atomic mass is 10.2. The molecule has 6 heteroatoms. The van der Waals surface area contributed by atoms with Crippen molar-refractivity contribution in [3.05, 3.63) is 29.5 Å². The van der Waals surface area contributed by atoms with Crippen LogP contribution in [0.3, 0.4) is 0 Å². The maximum Gasteiger partial charge on any atom is 0.321 e. The Morgan fingerprint density at radius 3 is 2.26 bits per heavy atom. The van der Waals surface area contributed by atoms with Crippen LogP contribution in [-0.2, 0) is 0 Å². The van der Waals surface area contributed by atoms with Crippen molar-refractivity contribution in [3.8, 4) is 23.1 Å². The van der Waals surface area contributed by atoms with Crippen LogP contribution >= 0.6 is 11.6 Å². The van der Waals surface area contributed by atoms with E-state index in [1.807, 2.05) is 38.1 Å². The van der Waals surface area contributed by atoms with E-state index in [1.54, 1.807) is 0 Å². The van der Waals surface area contributed by atoms with Gasteiger partial charge in [0.05, 0.1) is 13.2 Å². The van der Waals surface area contributed by atoms with Gasteiger partial charge < -0.3 is 9.47 Å². The standard InChI is InChI=1S/C13H14ClN3O2/c1-3-18-10-7-5-9(6-8-10)11-15-12(14)17-13(16-11)19-4-2/h5-8H,3-4H2,1-2H3. The summed E-state index contributed by atoms with van der Waals surface area (Å²) in [6, 6.07) is 7.68. The van der Waals surface area contributed by atoms with Crippen molar-refractivity contribution in [1.29, 1.82) is 0 Å². The second-order valence-electron chi connectivity index (χ2n) is 3.60. The first-order valence-corrected chi connectivity index (χ1v) is 6.38. The molecule has 0 N–H and O–H groups in total. The molecule has 2 aromatic rings. The number of hydrogen-bond donors (Lipinski definition) is 0. The first kappa shape index (κ1) is 13.5. The Labute approximate surface area is 116 Å². The summed E-state index contributed by atoms with van der Waals surface area (Å²) in [5.74, 6) is 1.28. The average Bonchev–Trinajstić information content (AvgIpc) is 2.40. The zero-order chi connectivity index (χ0) is 13.7. The van der Waals surface area contributed by atoms with Gasteiger partial charge in [-0.2, -0.15) is 15.0 Å². The van der Waals surface area contributed by atoms with Crippen LogP contribution < -0.4 is 9.47 Å². The van der Waals surface area contributed by atoms with E-state index in [0.717, 1.165) is 11.3 Å². The van der Waals surface area contributed by atoms with Crippen molar-refractivity contribution in [1.82, 2.24) is 15.0 Å². The Balaban J connectivity index is 2.29. The normalized spacial score (nSPS) is 10.3. The largest absolute Gasteiger partial charge is 0.494 e. The van der Waals surface area contributed by atoms with E-state index in [9.17, 15) is 0 Å². The molecule has 0 spiro atoms. The van der Waals surface area contributed by atoms with Gasteiger partial charge in [-0.1, -0.05) is 0 Å². The van der Waals surface area contributed by atoms with Crippen molar-refractivity contribution in [2.75, 3.05) is 13.2 Å². The summed E-state index contributed by atoms with van der Waals surface area (Å²) in [5.41, 5.74) is 0.828. The summed E-state index contributed by atoms with van der Waals surface area (Å²) in [7, 11) is 0. The monoisotopic (exact) mass is 279 g/mol. The molecule has 0 atom stereocenters. The molecule has 0 aliphatic rings. The Kier molecular flexibility index (Phi) is 4.52. The Morgan fingerprint density at radius 2 is 1.63 bits per heavy atom. The third kappa shape index (κ3) is 3.54. The van der Waals surface area contributed by atoms with Crippen LogP contribution in [-0.4, -0.2) is 28.2 Å². The molecule has 5 nitrogen and oxygen atoms in total. The van der Waals surface area contributed by atoms with Gasteiger partial charge in [0.25, 0.3) is 0 Å². The van der Waals surface area contributed by atoms with Gasteiger partial charge >= 0.3 is 6.01 Å². The third-order valence-electron chi connectivity index (χ3n) is 2.28. The molecule has 2 rings (SSSR count). The van der Waals surface area contributed by atoms with Crippen molar-refractivity contribution in [2.24, 2.45) is 0 Å². The van der Waals surface area contributed by atoms with Gasteiger partial charge in [0.15, 0.2) is 5.82 Å². The second-order valence-corrected chi connectivity index (χ2v) is 3.94. The highest BCUT2D eigenvalue weighted by atomic mass is 35.5. The predicted octanol–water partition coefficient (Wildman–Crippen LogP) is 2.99. The molecular formula is C13H14ClN3O2. The number of rotatable bonds is 5. The van der Waals surface area contributed by atoms with E-state index < -0.39 is 0 Å². The first-order valence-electron chi connectivity index (χ1n) is 6.00. The molecule has 0 aliphatic carbocycles. The SMILES string of the molecule is CCOc1ccc(-c2nc(Cl)nc(OCC)n2)cc1. The summed E-state index contributed by atoms with van der Waals surface area (Å²) in [4.78, 5) is 12.2. The third-order valence-corrected chi connectivity index (χ3v) is 2.45. The molecule has 0 aliphatic heterocycles. The number of ether oxygens (including phenoxy) is 2. The van der Waals surface area contributed by atoms with Gasteiger partial charge in [-0.15, -0.1) is 0 Å². The predicted molar refractivity (Wildman–Crippen MR) is 72.6 cm³/mol. The maximum absolute atomic E-state index is 5.85. The first-order chi connectivity index (χ1) is 9.22. The lowest BCUT2D eigenvalue weighted by Gasteiger charge is -2.06. The molecule has 0 fully saturated rings. The summed E-state index contributed by atoms with van der Waals surface area (Å²) in [6.07, 6.45) is 0. The van der Waals surface area contributed by atoms with E-state index in [4.69, 9.17) is 21.1 Å². The zero-order valence-corrected chi connectivity index (χ0v) is 11.5. The summed E-state index contributed by atoms with van der Waals surface area (Å²) in [5, 5.41) is 0.113. The lowest BCUT2D eigenvalue weighted by Crippen LogP contribution is -2.01. The van der Waals surface area contributed by atoms with Crippen molar-refractivity contribution in [2.45, 2.75) is 13.8 Å². The van der Waals surface area contributed by atoms with Crippen LogP contribution in [0.25, 0.3) is 11.4 Å². The molecule has 1 aromatic carbocycles. The maximum atomic E-state index is 5.85. The van der Waals surface area contributed by atoms with Crippen LogP contribution in [0, 0.1) is 0 Å². The van der Waals surface area contributed by atoms with Crippen LogP contribution in [0.15, 0.2) is 24.3 Å². The number of benzene rings is 1. The van der Waals surface area contributed by atoms with Gasteiger partial charge in [-0.25, -0.2) is 0 Å². The van der Waals surface area contributed by atoms with Crippen LogP contribution in [0.4, 0.5) is 0 Å². The number of hydrogen-bond acceptors (Lipinski definition) is 5. The minimum atomic E-state index is 0.113. The Morgan fingerprint density at radius 1 is 0.947 bits per heavy atom. The summed E-state index contributed by atoms with van der Waals surface area (Å²) < 4.78 is 10.6. The van der Waals surface area contributed by atoms with E-state index >= 15 is 0 Å². The average molecular weight is 280 g/mol. The number of halogens is 1. The highest BCUT2D eigenvalue weighted by Crippen LogP contribution is 2.21. The minimum absolute atomic E-state index is 0.113. The van der Waals surface area contributed by atoms with Crippen molar-refractivity contribution in [3.63, 3.8) is 0 Å². The smallest absolute Gasteiger partial charge is 0.321 e. The lowest BCUT2D eigenvalue weighted by molar-refractivity contribution is 0.312. The molecule has 0 bridgehead atoms. The van der Waals surface area contributed by atoms with Gasteiger partial charge in [0.1, 0.15) is 5.75 Å². The highest BCUT2D eigenvalue weighted by Gasteiger charge is 2.08. The quantitative estimate of drug-likeness (QED) is 0.842. The number of nitrogens with zero attached hydrogens (tertiary/aromatic N) is 3. The van der Waals surface area contributed by atoms with E-state index in [2.05, 4.69) is 15.0 Å². The molecule has 100 valence electrons. The van der Waals surface area contributed by atoms with Crippen molar-refractivity contribution >= 4 is 11.6 Å². The topological polar surface area (TPSA) is 57.1 Å². The Bertz CT molecular complexity index is 546. The van der Waals surface area contributed by atoms with E-state index in [0.29, 0.717) is 19.0 Å². The summed E-state index contributed by atoms with van der Waals surface area (Å²) >= 11 is 5.85. The van der Waals surface area contributed by atoms with Gasteiger partial charge in [0, 0.05) is 5.56 Å². The van der Waals surface area contributed by atoms with Crippen LogP contribution in [0.5, 0.6) is 11.8 Å². The fourth-order valence-corrected chi connectivity index (χ4v) is 1.67. The minimum Gasteiger partial charge on any atom is -0.494 e. The summed E-state index contributed by atoms with van der Waals surface area (Å²) in [6.45, 7) is 4.90. The van der Waals surface area contributed by atoms with Crippen LogP contribution in [0.1, 0.15) is 13.8 Å². The molecule has 0 amide bonds. The Hall–Kier alpha value is -1.88. The highest BCUT2D eigenvalue weighted by molar-refractivity contribution is 6.28. The second kappa shape index (κ2) is 6.33. The van der Waals surface area contributed by atoms with Gasteiger partial charge in [0.2, 0.25) is 5.28 Å².